The van der Waals surface area contributed by atoms with Gasteiger partial charge in [-0.25, -0.2) is 0 Å². The summed E-state index contributed by atoms with van der Waals surface area (Å²) in [7, 11) is 0. The maximum atomic E-state index is 12.4. The van der Waals surface area contributed by atoms with E-state index in [1.54, 1.807) is 17.0 Å². The second-order valence-electron chi connectivity index (χ2n) is 7.76. The van der Waals surface area contributed by atoms with Crippen LogP contribution in [0, 0.1) is 0 Å². The molecule has 0 aromatic heterocycles. The number of hydrogen-bond donors (Lipinski definition) is 1. The highest BCUT2D eigenvalue weighted by Gasteiger charge is 2.24. The number of carbonyl (C=O) groups excluding carboxylic acids is 3. The maximum absolute atomic E-state index is 12.4. The quantitative estimate of drug-likeness (QED) is 0.657. The van der Waals surface area contributed by atoms with Crippen molar-refractivity contribution in [1.82, 2.24) is 10.2 Å². The number of likely N-dealkylation sites (N-methyl/N-ethyl adjacent to an activating group) is 1. The molecule has 1 fully saturated rings. The van der Waals surface area contributed by atoms with Gasteiger partial charge in [-0.2, -0.15) is 0 Å². The minimum absolute atomic E-state index is 0.175. The third-order valence-corrected chi connectivity index (χ3v) is 5.68. The van der Waals surface area contributed by atoms with Crippen molar-refractivity contribution in [2.75, 3.05) is 19.7 Å². The minimum Gasteiger partial charge on any atom is -0.454 e. The molecule has 2 amide bonds. The topological polar surface area (TPSA) is 75.7 Å². The molecule has 0 spiro atoms. The van der Waals surface area contributed by atoms with E-state index < -0.39 is 5.97 Å². The summed E-state index contributed by atoms with van der Waals surface area (Å²) in [5.74, 6) is -1.16. The normalized spacial score (nSPS) is 14.0. The molecule has 6 nitrogen and oxygen atoms in total. The number of benzene rings is 2. The zero-order valence-electron chi connectivity index (χ0n) is 18.0. The molecule has 0 unspecified atom stereocenters. The van der Waals surface area contributed by atoms with Gasteiger partial charge in [0.25, 0.3) is 11.8 Å². The van der Waals surface area contributed by atoms with E-state index in [4.69, 9.17) is 4.74 Å². The van der Waals surface area contributed by atoms with E-state index in [-0.39, 0.29) is 31.0 Å². The number of ether oxygens (including phenoxy) is 1. The number of nitrogens with zero attached hydrogens (tertiary/aromatic N) is 1. The van der Waals surface area contributed by atoms with Crippen molar-refractivity contribution in [2.24, 2.45) is 0 Å². The number of hydrogen-bond acceptors (Lipinski definition) is 4. The average Bonchev–Trinajstić information content (AvgIpc) is 2.83. The molecule has 2 aromatic carbocycles. The molecule has 1 aliphatic rings. The Morgan fingerprint density at radius 2 is 1.58 bits per heavy atom. The molecule has 1 N–H and O–H groups in total. The van der Waals surface area contributed by atoms with E-state index in [1.807, 2.05) is 49.4 Å². The van der Waals surface area contributed by atoms with E-state index in [1.165, 1.54) is 6.42 Å². The summed E-state index contributed by atoms with van der Waals surface area (Å²) >= 11 is 0. The molecule has 1 saturated carbocycles. The summed E-state index contributed by atoms with van der Waals surface area (Å²) in [5.41, 5.74) is 2.53. The van der Waals surface area contributed by atoms with Crippen LogP contribution in [0.2, 0.25) is 0 Å². The lowest BCUT2D eigenvalue weighted by atomic mass is 9.94. The largest absolute Gasteiger partial charge is 0.454 e. The standard InChI is InChI=1S/C25H30N2O4/c1-2-27(22-11-7-4-8-12-22)23(28)18-31-24(29)17-26-25(30)21-15-13-20(14-16-21)19-9-5-3-6-10-19/h3,5-6,9-10,13-16,22H,2,4,7-8,11-12,17-18H2,1H3,(H,26,30). The van der Waals surface area contributed by atoms with Crippen LogP contribution in [0.25, 0.3) is 11.1 Å². The maximum Gasteiger partial charge on any atom is 0.325 e. The summed E-state index contributed by atoms with van der Waals surface area (Å²) in [5, 5.41) is 2.55. The first kappa shape index (κ1) is 22.5. The van der Waals surface area contributed by atoms with Crippen LogP contribution in [-0.4, -0.2) is 48.4 Å². The monoisotopic (exact) mass is 422 g/mol. The summed E-state index contributed by atoms with van der Waals surface area (Å²) < 4.78 is 5.10. The van der Waals surface area contributed by atoms with Gasteiger partial charge in [0, 0.05) is 18.2 Å². The molecule has 0 aliphatic heterocycles. The highest BCUT2D eigenvalue weighted by molar-refractivity contribution is 5.96. The molecular formula is C25H30N2O4. The minimum atomic E-state index is -0.623. The van der Waals surface area contributed by atoms with Crippen LogP contribution in [0.1, 0.15) is 49.4 Å². The predicted octanol–water partition coefficient (Wildman–Crippen LogP) is 3.81. The van der Waals surface area contributed by atoms with Crippen molar-refractivity contribution >= 4 is 17.8 Å². The van der Waals surface area contributed by atoms with E-state index in [0.29, 0.717) is 12.1 Å². The fourth-order valence-electron chi connectivity index (χ4n) is 4.01. The molecule has 31 heavy (non-hydrogen) atoms. The van der Waals surface area contributed by atoms with Crippen LogP contribution in [0.5, 0.6) is 0 Å². The van der Waals surface area contributed by atoms with Crippen LogP contribution in [0.4, 0.5) is 0 Å². The Hall–Kier alpha value is -3.15. The molecule has 0 saturated heterocycles. The molecular weight excluding hydrogens is 392 g/mol. The highest BCUT2D eigenvalue weighted by atomic mass is 16.5. The zero-order valence-corrected chi connectivity index (χ0v) is 18.0. The number of esters is 1. The summed E-state index contributed by atoms with van der Waals surface area (Å²) in [6.45, 7) is 1.99. The van der Waals surface area contributed by atoms with Gasteiger partial charge in [0.1, 0.15) is 6.54 Å². The molecule has 0 bridgehead atoms. The van der Waals surface area contributed by atoms with Gasteiger partial charge in [-0.05, 0) is 43.0 Å². The first-order chi connectivity index (χ1) is 15.1. The summed E-state index contributed by atoms with van der Waals surface area (Å²) in [6, 6.07) is 17.3. The Kier molecular flexibility index (Phi) is 8.21. The number of nitrogens with one attached hydrogen (secondary N) is 1. The smallest absolute Gasteiger partial charge is 0.325 e. The Bertz CT molecular complexity index is 874. The van der Waals surface area contributed by atoms with Crippen molar-refractivity contribution in [3.63, 3.8) is 0 Å². The van der Waals surface area contributed by atoms with Gasteiger partial charge in [0.15, 0.2) is 6.61 Å². The van der Waals surface area contributed by atoms with Gasteiger partial charge < -0.3 is 15.0 Å². The fourth-order valence-corrected chi connectivity index (χ4v) is 4.01. The Morgan fingerprint density at radius 3 is 2.23 bits per heavy atom. The first-order valence-corrected chi connectivity index (χ1v) is 11.0. The molecule has 3 rings (SSSR count). The molecule has 0 atom stereocenters. The van der Waals surface area contributed by atoms with Crippen molar-refractivity contribution < 1.29 is 19.1 Å². The van der Waals surface area contributed by atoms with Crippen molar-refractivity contribution in [1.29, 1.82) is 0 Å². The number of amides is 2. The third-order valence-electron chi connectivity index (χ3n) is 5.68. The first-order valence-electron chi connectivity index (χ1n) is 11.0. The van der Waals surface area contributed by atoms with Gasteiger partial charge in [0.05, 0.1) is 0 Å². The Balaban J connectivity index is 1.43. The lowest BCUT2D eigenvalue weighted by molar-refractivity contribution is -0.152. The Morgan fingerprint density at radius 1 is 0.935 bits per heavy atom. The molecule has 0 radical (unpaired) electrons. The highest BCUT2D eigenvalue weighted by Crippen LogP contribution is 2.22. The Labute approximate surface area is 183 Å². The summed E-state index contributed by atoms with van der Waals surface area (Å²) in [6.07, 6.45) is 5.49. The van der Waals surface area contributed by atoms with Crippen molar-refractivity contribution in [2.45, 2.75) is 45.1 Å². The van der Waals surface area contributed by atoms with Gasteiger partial charge >= 0.3 is 5.97 Å². The molecule has 1 aliphatic carbocycles. The van der Waals surface area contributed by atoms with E-state index in [0.717, 1.165) is 36.8 Å². The number of rotatable bonds is 8. The van der Waals surface area contributed by atoms with Gasteiger partial charge in [-0.15, -0.1) is 0 Å². The van der Waals surface area contributed by atoms with Crippen LogP contribution in [0.15, 0.2) is 54.6 Å². The predicted molar refractivity (Wildman–Crippen MR) is 119 cm³/mol. The lowest BCUT2D eigenvalue weighted by Gasteiger charge is -2.33. The molecule has 2 aromatic rings. The zero-order chi connectivity index (χ0) is 22.1. The van der Waals surface area contributed by atoms with Crippen LogP contribution in [-0.2, 0) is 14.3 Å². The van der Waals surface area contributed by atoms with Crippen molar-refractivity contribution in [3.05, 3.63) is 60.2 Å². The fraction of sp³-hybridized carbons (Fsp3) is 0.400. The summed E-state index contributed by atoms with van der Waals surface area (Å²) in [4.78, 5) is 38.6. The van der Waals surface area contributed by atoms with Gasteiger partial charge in [0.2, 0.25) is 0 Å². The average molecular weight is 423 g/mol. The van der Waals surface area contributed by atoms with Crippen LogP contribution < -0.4 is 5.32 Å². The lowest BCUT2D eigenvalue weighted by Crippen LogP contribution is -2.43. The van der Waals surface area contributed by atoms with E-state index >= 15 is 0 Å². The molecule has 164 valence electrons. The SMILES string of the molecule is CCN(C(=O)COC(=O)CNC(=O)c1ccc(-c2ccccc2)cc1)C1CCCCC1. The molecule has 0 heterocycles. The van der Waals surface area contributed by atoms with E-state index in [9.17, 15) is 14.4 Å². The van der Waals surface area contributed by atoms with Gasteiger partial charge in [-0.3, -0.25) is 14.4 Å². The van der Waals surface area contributed by atoms with Crippen molar-refractivity contribution in [3.8, 4) is 11.1 Å². The second kappa shape index (κ2) is 11.3. The third kappa shape index (κ3) is 6.41. The number of carbonyl (C=O) groups is 3. The van der Waals surface area contributed by atoms with Gasteiger partial charge in [-0.1, -0.05) is 61.7 Å². The second-order valence-corrected chi connectivity index (χ2v) is 7.76. The van der Waals surface area contributed by atoms with Crippen LogP contribution >= 0.6 is 0 Å². The van der Waals surface area contributed by atoms with Crippen LogP contribution in [0.3, 0.4) is 0 Å². The van der Waals surface area contributed by atoms with E-state index in [2.05, 4.69) is 5.32 Å². The molecule has 6 heteroatoms.